The fraction of sp³-hybridized carbons (Fsp3) is 0.727. The van der Waals surface area contributed by atoms with Crippen molar-refractivity contribution in [1.82, 2.24) is 0 Å². The largest absolute Gasteiger partial charge is 0.478 e. The Balaban J connectivity index is -0.0000000900. The number of aliphatic hydroxyl groups is 12. The smallest absolute Gasteiger partial charge is 0.327 e. The second-order valence-electron chi connectivity index (χ2n) is 10.9. The molecule has 0 rings (SSSR count). The van der Waals surface area contributed by atoms with E-state index in [0.717, 1.165) is 18.2 Å². The van der Waals surface area contributed by atoms with Gasteiger partial charge in [0.15, 0.2) is 0 Å². The third kappa shape index (κ3) is 36.7. The van der Waals surface area contributed by atoms with Crippen molar-refractivity contribution in [3.05, 3.63) is 38.0 Å². The standard InChI is InChI=1S/4C6H14O3.3C3H4O2/c4*1-2-6(3-7,4-8)5-9;3*1-2-3(4)5/h4*7-9H,2-5H2,1H3;3*2H,1H2,(H,4,5). The molecule has 15 N–H and O–H groups in total. The average molecular weight is 753 g/mol. The first-order valence-corrected chi connectivity index (χ1v) is 15.7. The number of hydrogen-bond acceptors (Lipinski definition) is 15. The molecule has 0 heterocycles. The quantitative estimate of drug-likeness (QED) is 0.0648. The first-order valence-electron chi connectivity index (χ1n) is 15.7. The van der Waals surface area contributed by atoms with Crippen molar-refractivity contribution in [1.29, 1.82) is 0 Å². The number of carbonyl (C=O) groups is 3. The van der Waals surface area contributed by atoms with Gasteiger partial charge in [-0.1, -0.05) is 47.4 Å². The van der Waals surface area contributed by atoms with Gasteiger partial charge in [-0.3, -0.25) is 0 Å². The van der Waals surface area contributed by atoms with Gasteiger partial charge in [-0.05, 0) is 25.7 Å². The molecule has 0 aromatic carbocycles. The van der Waals surface area contributed by atoms with Gasteiger partial charge in [-0.25, -0.2) is 14.4 Å². The molecule has 0 aliphatic carbocycles. The van der Waals surface area contributed by atoms with E-state index in [2.05, 4.69) is 19.7 Å². The Morgan fingerprint density at radius 3 is 0.431 bits per heavy atom. The number of hydrogen-bond donors (Lipinski definition) is 15. The Morgan fingerprint density at radius 1 is 0.353 bits per heavy atom. The zero-order valence-electron chi connectivity index (χ0n) is 30.6. The molecule has 0 saturated carbocycles. The van der Waals surface area contributed by atoms with E-state index < -0.39 is 39.6 Å². The Kier molecular flexibility index (Phi) is 51.5. The third-order valence-corrected chi connectivity index (χ3v) is 7.55. The summed E-state index contributed by atoms with van der Waals surface area (Å²) >= 11 is 0. The van der Waals surface area contributed by atoms with Crippen LogP contribution in [0.5, 0.6) is 0 Å². The van der Waals surface area contributed by atoms with Gasteiger partial charge in [0.25, 0.3) is 0 Å². The summed E-state index contributed by atoms with van der Waals surface area (Å²) in [5, 5.41) is 127. The van der Waals surface area contributed by atoms with E-state index in [0.29, 0.717) is 25.7 Å². The second kappa shape index (κ2) is 41.6. The van der Waals surface area contributed by atoms with Crippen molar-refractivity contribution in [3.63, 3.8) is 0 Å². The highest BCUT2D eigenvalue weighted by Gasteiger charge is 2.26. The topological polar surface area (TPSA) is 355 Å². The summed E-state index contributed by atoms with van der Waals surface area (Å²) in [6, 6.07) is 0. The third-order valence-electron chi connectivity index (χ3n) is 7.55. The molecule has 0 radical (unpaired) electrons. The maximum atomic E-state index is 9.25. The van der Waals surface area contributed by atoms with Crippen LogP contribution in [0.3, 0.4) is 0 Å². The van der Waals surface area contributed by atoms with Crippen molar-refractivity contribution < 1.29 is 91.0 Å². The van der Waals surface area contributed by atoms with E-state index in [-0.39, 0.29) is 79.3 Å². The predicted octanol–water partition coefficient (Wildman–Crippen LogP) is -1.79. The minimum Gasteiger partial charge on any atom is -0.478 e. The fourth-order valence-corrected chi connectivity index (χ4v) is 1.94. The lowest BCUT2D eigenvalue weighted by molar-refractivity contribution is -0.132. The molecule has 51 heavy (non-hydrogen) atoms. The molecule has 18 nitrogen and oxygen atoms in total. The van der Waals surface area contributed by atoms with Crippen molar-refractivity contribution in [2.75, 3.05) is 79.3 Å². The van der Waals surface area contributed by atoms with E-state index >= 15 is 0 Å². The monoisotopic (exact) mass is 752 g/mol. The van der Waals surface area contributed by atoms with Crippen molar-refractivity contribution in [2.45, 2.75) is 53.4 Å². The van der Waals surface area contributed by atoms with Crippen LogP contribution in [0.1, 0.15) is 53.4 Å². The number of rotatable bonds is 19. The summed E-state index contributed by atoms with van der Waals surface area (Å²) in [6.45, 7) is 14.3. The molecule has 308 valence electrons. The van der Waals surface area contributed by atoms with Crippen LogP contribution in [0.25, 0.3) is 0 Å². The minimum atomic E-state index is -0.981. The van der Waals surface area contributed by atoms with Crippen molar-refractivity contribution in [3.8, 4) is 0 Å². The Labute approximate surface area is 301 Å². The summed E-state index contributed by atoms with van der Waals surface area (Å²) in [5.74, 6) is -2.94. The van der Waals surface area contributed by atoms with Crippen LogP contribution in [-0.4, -0.2) is 174 Å². The zero-order valence-corrected chi connectivity index (χ0v) is 30.6. The van der Waals surface area contributed by atoms with E-state index in [9.17, 15) is 14.4 Å². The highest BCUT2D eigenvalue weighted by Crippen LogP contribution is 2.20. The van der Waals surface area contributed by atoms with E-state index in [1.165, 1.54) is 0 Å². The fourth-order valence-electron chi connectivity index (χ4n) is 1.94. The molecule has 0 atom stereocenters. The lowest BCUT2D eigenvalue weighted by Gasteiger charge is -2.24. The van der Waals surface area contributed by atoms with Crippen LogP contribution in [0.15, 0.2) is 38.0 Å². The van der Waals surface area contributed by atoms with Crippen LogP contribution >= 0.6 is 0 Å². The normalized spacial score (nSPS) is 10.4. The Morgan fingerprint density at radius 2 is 0.431 bits per heavy atom. The van der Waals surface area contributed by atoms with Gasteiger partial charge in [0.1, 0.15) is 0 Å². The summed E-state index contributed by atoms with van der Waals surface area (Å²) in [7, 11) is 0. The van der Waals surface area contributed by atoms with Gasteiger partial charge >= 0.3 is 17.9 Å². The first kappa shape index (κ1) is 63.2. The van der Waals surface area contributed by atoms with Gasteiger partial charge in [-0.2, -0.15) is 0 Å². The molecular formula is C33H68O18. The highest BCUT2D eigenvalue weighted by atomic mass is 16.4. The van der Waals surface area contributed by atoms with E-state index in [1.54, 1.807) is 0 Å². The molecule has 0 aromatic rings. The van der Waals surface area contributed by atoms with Gasteiger partial charge in [0.2, 0.25) is 0 Å². The molecule has 0 aliphatic heterocycles. The molecule has 0 fully saturated rings. The molecule has 0 aromatic heterocycles. The van der Waals surface area contributed by atoms with Crippen LogP contribution in [-0.2, 0) is 14.4 Å². The van der Waals surface area contributed by atoms with Gasteiger partial charge in [0.05, 0.1) is 79.3 Å². The summed E-state index contributed by atoms with van der Waals surface area (Å²) in [5.41, 5.74) is -2.67. The number of carboxylic acids is 3. The number of aliphatic carboxylic acids is 3. The molecule has 0 unspecified atom stereocenters. The minimum absolute atomic E-state index is 0.156. The van der Waals surface area contributed by atoms with E-state index in [4.69, 9.17) is 76.6 Å². The van der Waals surface area contributed by atoms with Crippen LogP contribution in [0, 0.1) is 21.7 Å². The second-order valence-corrected chi connectivity index (χ2v) is 10.9. The SMILES string of the molecule is C=CC(=O)O.C=CC(=O)O.C=CC(=O)O.CCC(CO)(CO)CO.CCC(CO)(CO)CO.CCC(CO)(CO)CO.CCC(CO)(CO)CO. The highest BCUT2D eigenvalue weighted by molar-refractivity contribution is 5.79. The van der Waals surface area contributed by atoms with Crippen LogP contribution in [0.4, 0.5) is 0 Å². The maximum Gasteiger partial charge on any atom is 0.327 e. The maximum absolute atomic E-state index is 9.25. The Hall–Kier alpha value is -2.85. The Bertz CT molecular complexity index is 626. The summed E-state index contributed by atoms with van der Waals surface area (Å²) in [6.07, 6.45) is 4.88. The lowest BCUT2D eigenvalue weighted by atomic mass is 9.88. The molecule has 18 heteroatoms. The average Bonchev–Trinajstić information content (AvgIpc) is 3.18. The first-order chi connectivity index (χ1) is 23.8. The van der Waals surface area contributed by atoms with Gasteiger partial charge in [-0.15, -0.1) is 0 Å². The van der Waals surface area contributed by atoms with Crippen molar-refractivity contribution in [2.24, 2.45) is 21.7 Å². The molecule has 0 aliphatic rings. The molecular weight excluding hydrogens is 684 g/mol. The number of carboxylic acid groups (broad SMARTS) is 3. The molecule has 0 saturated heterocycles. The summed E-state index contributed by atoms with van der Waals surface area (Å²) in [4.78, 5) is 27.8. The summed E-state index contributed by atoms with van der Waals surface area (Å²) < 4.78 is 0. The van der Waals surface area contributed by atoms with Crippen LogP contribution < -0.4 is 0 Å². The zero-order chi connectivity index (χ0) is 42.2. The molecule has 0 spiro atoms. The number of aliphatic hydroxyl groups excluding tert-OH is 12. The van der Waals surface area contributed by atoms with Gasteiger partial charge in [0, 0.05) is 39.9 Å². The van der Waals surface area contributed by atoms with Crippen LogP contribution in [0.2, 0.25) is 0 Å². The van der Waals surface area contributed by atoms with E-state index in [1.807, 2.05) is 27.7 Å². The lowest BCUT2D eigenvalue weighted by Crippen LogP contribution is -2.32. The predicted molar refractivity (Wildman–Crippen MR) is 189 cm³/mol. The van der Waals surface area contributed by atoms with Crippen molar-refractivity contribution >= 4 is 17.9 Å². The molecule has 0 bridgehead atoms. The van der Waals surface area contributed by atoms with Gasteiger partial charge < -0.3 is 76.6 Å². The molecule has 0 amide bonds.